The van der Waals surface area contributed by atoms with Gasteiger partial charge < -0.3 is 29.0 Å². The first kappa shape index (κ1) is 23.4. The molecule has 2 aromatic carbocycles. The largest absolute Gasteiger partial charge is 0.456 e. The zero-order valence-electron chi connectivity index (χ0n) is 17.1. The van der Waals surface area contributed by atoms with E-state index < -0.39 is 39.1 Å². The fraction of sp³-hybridized carbons (Fsp3) is 0.136. The van der Waals surface area contributed by atoms with Crippen molar-refractivity contribution in [3.8, 4) is 5.75 Å². The van der Waals surface area contributed by atoms with E-state index in [4.69, 9.17) is 9.47 Å². The number of carbonyl (C=O) groups is 1. The third-order valence-electron chi connectivity index (χ3n) is 5.27. The number of carbonyl (C=O) groups excluding carboxylic acids is 1. The first-order valence-corrected chi connectivity index (χ1v) is 13.3. The predicted molar refractivity (Wildman–Crippen MR) is 119 cm³/mol. The minimum atomic E-state index is -4.36. The molecule has 2 aliphatic rings. The molecule has 2 aliphatic heterocycles. The van der Waals surface area contributed by atoms with Gasteiger partial charge >= 0.3 is 21.2 Å². The van der Waals surface area contributed by atoms with Crippen LogP contribution in [0.5, 0.6) is 5.75 Å². The van der Waals surface area contributed by atoms with Gasteiger partial charge in [-0.15, -0.1) is 0 Å². The first-order valence-electron chi connectivity index (χ1n) is 9.71. The van der Waals surface area contributed by atoms with E-state index in [-0.39, 0.29) is 11.5 Å². The van der Waals surface area contributed by atoms with Gasteiger partial charge in [-0.2, -0.15) is 0 Å². The van der Waals surface area contributed by atoms with Crippen LogP contribution in [0.3, 0.4) is 0 Å². The number of allylic oxidation sites excluding steroid dienone is 2. The topological polar surface area (TPSA) is 151 Å². The van der Waals surface area contributed by atoms with E-state index in [0.717, 1.165) is 0 Å². The maximum absolute atomic E-state index is 12.8. The molecular weight excluding hydrogens is 470 g/mol. The van der Waals surface area contributed by atoms with Crippen LogP contribution in [0.25, 0.3) is 0 Å². The standard InChI is InChI=1S/C22H20O9P2/c1-2-16-19(8-5-11-32(24,25)26)30-20-12-14(13-33(27,28)29)9-10-18(20)22(16)17-7-4-3-6-15(17)21(23)31-22/h2-10,12H,1,11,13H2,(H2,24,25,26)(H2,27,28,29)/b8-5+. The number of hydrogen-bond donors (Lipinski definition) is 4. The molecule has 1 spiro atoms. The predicted octanol–water partition coefficient (Wildman–Crippen LogP) is 3.34. The molecule has 172 valence electrons. The zero-order chi connectivity index (χ0) is 24.0. The Labute approximate surface area is 189 Å². The Kier molecular flexibility index (Phi) is 5.83. The van der Waals surface area contributed by atoms with Crippen LogP contribution in [0, 0.1) is 0 Å². The molecule has 11 heteroatoms. The Hall–Kier alpha value is -2.77. The molecule has 1 atom stereocenters. The number of fused-ring (bicyclic) bond motifs is 4. The lowest BCUT2D eigenvalue weighted by Gasteiger charge is -2.37. The maximum Gasteiger partial charge on any atom is 0.340 e. The monoisotopic (exact) mass is 490 g/mol. The summed E-state index contributed by atoms with van der Waals surface area (Å²) in [6, 6.07) is 11.3. The number of rotatable bonds is 6. The molecular formula is C22H20O9P2. The van der Waals surface area contributed by atoms with Gasteiger partial charge in [0.25, 0.3) is 0 Å². The molecule has 2 aromatic rings. The summed E-state index contributed by atoms with van der Waals surface area (Å²) in [6.07, 6.45) is 2.97. The van der Waals surface area contributed by atoms with Crippen molar-refractivity contribution in [1.29, 1.82) is 0 Å². The second kappa shape index (κ2) is 8.22. The fourth-order valence-corrected chi connectivity index (χ4v) is 5.11. The minimum Gasteiger partial charge on any atom is -0.456 e. The summed E-state index contributed by atoms with van der Waals surface area (Å²) >= 11 is 0. The van der Waals surface area contributed by atoms with Crippen molar-refractivity contribution in [2.75, 3.05) is 6.16 Å². The number of hydrogen-bond acceptors (Lipinski definition) is 5. The molecule has 2 heterocycles. The molecule has 0 saturated carbocycles. The molecule has 4 rings (SSSR count). The van der Waals surface area contributed by atoms with Crippen molar-refractivity contribution < 1.29 is 43.0 Å². The first-order chi connectivity index (χ1) is 15.4. The van der Waals surface area contributed by atoms with E-state index in [1.807, 2.05) is 0 Å². The summed E-state index contributed by atoms with van der Waals surface area (Å²) < 4.78 is 34.7. The molecule has 9 nitrogen and oxygen atoms in total. The molecule has 0 radical (unpaired) electrons. The van der Waals surface area contributed by atoms with Crippen molar-refractivity contribution in [3.05, 3.63) is 101 Å². The van der Waals surface area contributed by atoms with Crippen LogP contribution in [0.1, 0.15) is 27.0 Å². The summed E-state index contributed by atoms with van der Waals surface area (Å²) in [5, 5.41) is 0. The molecule has 0 amide bonds. The Balaban J connectivity index is 1.95. The highest BCUT2D eigenvalue weighted by Gasteiger charge is 2.53. The number of ether oxygens (including phenoxy) is 2. The van der Waals surface area contributed by atoms with E-state index in [1.165, 1.54) is 30.4 Å². The van der Waals surface area contributed by atoms with E-state index in [9.17, 15) is 33.5 Å². The van der Waals surface area contributed by atoms with Crippen molar-refractivity contribution in [2.24, 2.45) is 0 Å². The second-order valence-electron chi connectivity index (χ2n) is 7.60. The molecule has 4 N–H and O–H groups in total. The van der Waals surface area contributed by atoms with Gasteiger partial charge in [-0.05, 0) is 23.8 Å². The van der Waals surface area contributed by atoms with Gasteiger partial charge in [-0.1, -0.05) is 49.1 Å². The van der Waals surface area contributed by atoms with Gasteiger partial charge in [-0.25, -0.2) is 4.79 Å². The molecule has 0 aromatic heterocycles. The normalized spacial score (nSPS) is 19.9. The third kappa shape index (κ3) is 4.39. The molecule has 33 heavy (non-hydrogen) atoms. The summed E-state index contributed by atoms with van der Waals surface area (Å²) in [5.74, 6) is -0.258. The van der Waals surface area contributed by atoms with Crippen LogP contribution < -0.4 is 4.74 Å². The van der Waals surface area contributed by atoms with Gasteiger partial charge in [-0.3, -0.25) is 9.13 Å². The summed E-state index contributed by atoms with van der Waals surface area (Å²) in [5.41, 5.74) is 0.484. The van der Waals surface area contributed by atoms with Gasteiger partial charge in [0.05, 0.1) is 17.9 Å². The molecule has 0 aliphatic carbocycles. The molecule has 0 fully saturated rings. The van der Waals surface area contributed by atoms with E-state index in [0.29, 0.717) is 27.8 Å². The Morgan fingerprint density at radius 1 is 1.00 bits per heavy atom. The highest BCUT2D eigenvalue weighted by atomic mass is 31.2. The van der Waals surface area contributed by atoms with Crippen LogP contribution in [0.2, 0.25) is 0 Å². The third-order valence-corrected chi connectivity index (χ3v) is 6.73. The van der Waals surface area contributed by atoms with Crippen LogP contribution in [-0.2, 0) is 25.6 Å². The van der Waals surface area contributed by atoms with Crippen LogP contribution in [0.4, 0.5) is 0 Å². The highest BCUT2D eigenvalue weighted by Crippen LogP contribution is 2.54. The fourth-order valence-electron chi connectivity index (χ4n) is 4.05. The lowest BCUT2D eigenvalue weighted by molar-refractivity contribution is 0.0217. The summed E-state index contributed by atoms with van der Waals surface area (Å²) in [4.78, 5) is 49.9. The number of benzene rings is 2. The van der Waals surface area contributed by atoms with Crippen molar-refractivity contribution in [2.45, 2.75) is 11.8 Å². The SMILES string of the molecule is C=CC1=C(/C=C/CP(=O)(O)O)Oc2cc(CP(=O)(O)O)ccc2C12OC(=O)c1ccccc12. The molecule has 0 bridgehead atoms. The highest BCUT2D eigenvalue weighted by molar-refractivity contribution is 7.52. The summed E-state index contributed by atoms with van der Waals surface area (Å²) in [7, 11) is -8.68. The lowest BCUT2D eigenvalue weighted by atomic mass is 9.77. The van der Waals surface area contributed by atoms with Crippen molar-refractivity contribution >= 4 is 21.2 Å². The van der Waals surface area contributed by atoms with Crippen LogP contribution in [-0.4, -0.2) is 31.7 Å². The van der Waals surface area contributed by atoms with Gasteiger partial charge in [0.15, 0.2) is 5.60 Å². The van der Waals surface area contributed by atoms with E-state index in [1.54, 1.807) is 30.3 Å². The van der Waals surface area contributed by atoms with Crippen LogP contribution in [0.15, 0.2) is 78.6 Å². The average molecular weight is 490 g/mol. The van der Waals surface area contributed by atoms with Crippen LogP contribution >= 0.6 is 15.2 Å². The van der Waals surface area contributed by atoms with Gasteiger partial charge in [0.1, 0.15) is 11.5 Å². The Morgan fingerprint density at radius 2 is 1.73 bits per heavy atom. The zero-order valence-corrected chi connectivity index (χ0v) is 18.9. The van der Waals surface area contributed by atoms with E-state index >= 15 is 0 Å². The minimum absolute atomic E-state index is 0.129. The second-order valence-corrected chi connectivity index (χ2v) is 10.9. The van der Waals surface area contributed by atoms with Crippen molar-refractivity contribution in [3.63, 3.8) is 0 Å². The Morgan fingerprint density at radius 3 is 2.39 bits per heavy atom. The number of esters is 1. The average Bonchev–Trinajstić information content (AvgIpc) is 2.99. The molecule has 0 saturated heterocycles. The van der Waals surface area contributed by atoms with Gasteiger partial charge in [0, 0.05) is 16.7 Å². The smallest absolute Gasteiger partial charge is 0.340 e. The quantitative estimate of drug-likeness (QED) is 0.353. The Bertz CT molecular complexity index is 1310. The maximum atomic E-state index is 12.8. The van der Waals surface area contributed by atoms with Crippen molar-refractivity contribution in [1.82, 2.24) is 0 Å². The molecule has 1 unspecified atom stereocenters. The van der Waals surface area contributed by atoms with Gasteiger partial charge in [0.2, 0.25) is 0 Å². The van der Waals surface area contributed by atoms with E-state index in [2.05, 4.69) is 6.58 Å². The summed E-state index contributed by atoms with van der Waals surface area (Å²) in [6.45, 7) is 3.83. The lowest BCUT2D eigenvalue weighted by Crippen LogP contribution is -2.34.